The van der Waals surface area contributed by atoms with Gasteiger partial charge in [-0.3, -0.25) is 0 Å². The predicted molar refractivity (Wildman–Crippen MR) is 135 cm³/mol. The van der Waals surface area contributed by atoms with Gasteiger partial charge in [0.05, 0.1) is 44.8 Å². The fourth-order valence-electron chi connectivity index (χ4n) is 5.95. The second-order valence-electron chi connectivity index (χ2n) is 9.91. The summed E-state index contributed by atoms with van der Waals surface area (Å²) >= 11 is 0. The number of quaternary nitrogens is 1. The summed E-state index contributed by atoms with van der Waals surface area (Å²) in [6.07, 6.45) is 4.13. The van der Waals surface area contributed by atoms with Gasteiger partial charge in [0, 0.05) is 16.7 Å². The summed E-state index contributed by atoms with van der Waals surface area (Å²) in [7, 11) is 1.71. The van der Waals surface area contributed by atoms with Gasteiger partial charge in [-0.2, -0.15) is 5.01 Å². The quantitative estimate of drug-likeness (QED) is 0.593. The topological polar surface area (TPSA) is 56.6 Å². The number of nitrogens with one attached hydrogen (secondary N) is 2. The van der Waals surface area contributed by atoms with Gasteiger partial charge in [-0.05, 0) is 30.3 Å². The summed E-state index contributed by atoms with van der Waals surface area (Å²) in [6, 6.07) is 23.1. The maximum absolute atomic E-state index is 6.90. The van der Waals surface area contributed by atoms with Gasteiger partial charge in [0.25, 0.3) is 0 Å². The van der Waals surface area contributed by atoms with Crippen molar-refractivity contribution in [2.75, 3.05) is 27.0 Å². The van der Waals surface area contributed by atoms with E-state index >= 15 is 0 Å². The first kappa shape index (κ1) is 21.6. The monoisotopic (exact) mass is 484 g/mol. The molecule has 0 aliphatic carbocycles. The van der Waals surface area contributed by atoms with Crippen molar-refractivity contribution in [1.82, 2.24) is 10.4 Å². The van der Waals surface area contributed by atoms with E-state index in [9.17, 15) is 0 Å². The zero-order chi connectivity index (χ0) is 24.1. The summed E-state index contributed by atoms with van der Waals surface area (Å²) < 4.78 is 23.8. The van der Waals surface area contributed by atoms with Crippen molar-refractivity contribution in [3.05, 3.63) is 89.5 Å². The molecule has 0 radical (unpaired) electrons. The third-order valence-electron chi connectivity index (χ3n) is 7.84. The van der Waals surface area contributed by atoms with E-state index in [0.29, 0.717) is 0 Å². The Balaban J connectivity index is 1.21. The minimum Gasteiger partial charge on any atom is -0.493 e. The second-order valence-corrected chi connectivity index (χ2v) is 9.91. The SMILES string of the molecule is COc1cccc2c1OC1(CC[NH+](Cc3ccccc3)CC1)N1NC(c3ccc4c(c3)OCO4)=C[C@H]21. The van der Waals surface area contributed by atoms with Gasteiger partial charge >= 0.3 is 0 Å². The molecule has 0 aromatic heterocycles. The van der Waals surface area contributed by atoms with E-state index in [1.54, 1.807) is 12.0 Å². The normalized spacial score (nSPS) is 26.0. The van der Waals surface area contributed by atoms with Crippen LogP contribution in [0, 0.1) is 0 Å². The lowest BCUT2D eigenvalue weighted by atomic mass is 9.92. The van der Waals surface area contributed by atoms with Crippen molar-refractivity contribution in [3.63, 3.8) is 0 Å². The lowest BCUT2D eigenvalue weighted by Crippen LogP contribution is -3.12. The van der Waals surface area contributed by atoms with Crippen molar-refractivity contribution in [3.8, 4) is 23.0 Å². The number of nitrogens with zero attached hydrogens (tertiary/aromatic N) is 1. The highest BCUT2D eigenvalue weighted by Gasteiger charge is 2.53. The number of likely N-dealkylation sites (tertiary alicyclic amines) is 1. The molecule has 7 rings (SSSR count). The molecule has 184 valence electrons. The Morgan fingerprint density at radius 1 is 1.00 bits per heavy atom. The number of fused-ring (bicyclic) bond motifs is 5. The molecule has 36 heavy (non-hydrogen) atoms. The number of hydrogen-bond donors (Lipinski definition) is 2. The highest BCUT2D eigenvalue weighted by Crippen LogP contribution is 2.51. The van der Waals surface area contributed by atoms with Crippen LogP contribution in [0.5, 0.6) is 23.0 Å². The molecular weight excluding hydrogens is 454 g/mol. The van der Waals surface area contributed by atoms with Crippen molar-refractivity contribution in [2.45, 2.75) is 31.2 Å². The number of rotatable bonds is 4. The second kappa shape index (κ2) is 8.47. The van der Waals surface area contributed by atoms with E-state index in [1.807, 2.05) is 24.3 Å². The van der Waals surface area contributed by atoms with Crippen LogP contribution in [-0.4, -0.2) is 37.7 Å². The average molecular weight is 485 g/mol. The fraction of sp³-hybridized carbons (Fsp3) is 0.310. The Morgan fingerprint density at radius 3 is 2.67 bits per heavy atom. The third kappa shape index (κ3) is 3.50. The molecule has 1 fully saturated rings. The first-order valence-electron chi connectivity index (χ1n) is 12.6. The Labute approximate surface area is 210 Å². The Morgan fingerprint density at radius 2 is 1.83 bits per heavy atom. The predicted octanol–water partition coefficient (Wildman–Crippen LogP) is 3.29. The molecular formula is C29H30N3O4+. The first-order valence-corrected chi connectivity index (χ1v) is 12.6. The summed E-state index contributed by atoms with van der Waals surface area (Å²) in [5, 5.41) is 2.33. The fourth-order valence-corrected chi connectivity index (χ4v) is 5.95. The van der Waals surface area contributed by atoms with Crippen molar-refractivity contribution >= 4 is 5.70 Å². The molecule has 4 heterocycles. The molecule has 1 atom stereocenters. The average Bonchev–Trinajstić information content (AvgIpc) is 3.58. The lowest BCUT2D eigenvalue weighted by Gasteiger charge is -2.50. The molecule has 7 heteroatoms. The van der Waals surface area contributed by atoms with E-state index in [2.05, 4.69) is 59.0 Å². The summed E-state index contributed by atoms with van der Waals surface area (Å²) in [5.74, 6) is 3.22. The van der Waals surface area contributed by atoms with Crippen LogP contribution in [0.25, 0.3) is 5.70 Å². The van der Waals surface area contributed by atoms with Gasteiger partial charge in [0.15, 0.2) is 28.7 Å². The summed E-state index contributed by atoms with van der Waals surface area (Å²) in [6.45, 7) is 3.37. The molecule has 0 unspecified atom stereocenters. The van der Waals surface area contributed by atoms with Gasteiger partial charge in [-0.15, -0.1) is 0 Å². The van der Waals surface area contributed by atoms with Crippen molar-refractivity contribution < 1.29 is 23.8 Å². The molecule has 7 nitrogen and oxygen atoms in total. The van der Waals surface area contributed by atoms with E-state index in [4.69, 9.17) is 18.9 Å². The lowest BCUT2D eigenvalue weighted by molar-refractivity contribution is -0.921. The van der Waals surface area contributed by atoms with Crippen LogP contribution in [-0.2, 0) is 6.54 Å². The maximum atomic E-state index is 6.90. The van der Waals surface area contributed by atoms with Crippen LogP contribution in [0.15, 0.2) is 72.8 Å². The molecule has 0 bridgehead atoms. The molecule has 4 aliphatic rings. The number of para-hydroxylation sites is 1. The number of hydrogen-bond acceptors (Lipinski definition) is 6. The molecule has 1 spiro atoms. The molecule has 1 saturated heterocycles. The van der Waals surface area contributed by atoms with Crippen LogP contribution in [0.1, 0.15) is 35.6 Å². The maximum Gasteiger partial charge on any atom is 0.231 e. The zero-order valence-corrected chi connectivity index (χ0v) is 20.3. The first-order chi connectivity index (χ1) is 17.7. The molecule has 2 N–H and O–H groups in total. The van der Waals surface area contributed by atoms with E-state index < -0.39 is 5.72 Å². The number of benzene rings is 3. The van der Waals surface area contributed by atoms with Crippen LogP contribution in [0.2, 0.25) is 0 Å². The van der Waals surface area contributed by atoms with E-state index in [1.165, 1.54) is 5.56 Å². The zero-order valence-electron chi connectivity index (χ0n) is 20.3. The summed E-state index contributed by atoms with van der Waals surface area (Å²) in [4.78, 5) is 1.58. The molecule has 3 aromatic rings. The Kier molecular flexibility index (Phi) is 5.08. The highest BCUT2D eigenvalue weighted by atomic mass is 16.7. The van der Waals surface area contributed by atoms with Crippen molar-refractivity contribution in [2.24, 2.45) is 0 Å². The van der Waals surface area contributed by atoms with Crippen LogP contribution < -0.4 is 29.3 Å². The minimum absolute atomic E-state index is 0.0416. The highest BCUT2D eigenvalue weighted by molar-refractivity contribution is 5.70. The Hall–Kier alpha value is -3.68. The molecule has 0 saturated carbocycles. The number of methoxy groups -OCH3 is 1. The standard InChI is InChI=1S/C29H29N3O4/c1-33-26-9-5-8-22-24-17-23(21-10-11-25-27(16-21)35-19-34-25)30-32(24)29(36-28(22)26)12-14-31(15-13-29)18-20-6-3-2-4-7-20/h2-11,16-17,24,30H,12-15,18-19H2,1H3/p+1/t24-/m1/s1. The van der Waals surface area contributed by atoms with Crippen LogP contribution >= 0.6 is 0 Å². The molecule has 4 aliphatic heterocycles. The van der Waals surface area contributed by atoms with E-state index in [0.717, 1.165) is 72.3 Å². The smallest absolute Gasteiger partial charge is 0.231 e. The Bertz CT molecular complexity index is 1320. The summed E-state index contributed by atoms with van der Waals surface area (Å²) in [5.41, 5.74) is 7.88. The largest absolute Gasteiger partial charge is 0.493 e. The van der Waals surface area contributed by atoms with E-state index in [-0.39, 0.29) is 12.8 Å². The van der Waals surface area contributed by atoms with Crippen LogP contribution in [0.4, 0.5) is 0 Å². The van der Waals surface area contributed by atoms with Crippen molar-refractivity contribution in [1.29, 1.82) is 0 Å². The molecule has 3 aromatic carbocycles. The number of ether oxygens (including phenoxy) is 4. The van der Waals surface area contributed by atoms with Gasteiger partial charge in [0.2, 0.25) is 6.79 Å². The minimum atomic E-state index is -0.457. The van der Waals surface area contributed by atoms with Gasteiger partial charge < -0.3 is 29.3 Å². The van der Waals surface area contributed by atoms with Gasteiger partial charge in [-0.1, -0.05) is 42.5 Å². The third-order valence-corrected chi connectivity index (χ3v) is 7.84. The van der Waals surface area contributed by atoms with Gasteiger partial charge in [-0.25, -0.2) is 0 Å². The number of hydrazine groups is 1. The molecule has 0 amide bonds. The van der Waals surface area contributed by atoms with Gasteiger partial charge in [0.1, 0.15) is 6.54 Å². The number of piperidine rings is 1. The van der Waals surface area contributed by atoms with Crippen LogP contribution in [0.3, 0.4) is 0 Å².